The van der Waals surface area contributed by atoms with Gasteiger partial charge in [-0.3, -0.25) is 0 Å². The number of carbonyl (C=O) groups is 1. The van der Waals surface area contributed by atoms with Crippen LogP contribution in [0.25, 0.3) is 10.9 Å². The molecule has 3 rings (SSSR count). The van der Waals surface area contributed by atoms with Gasteiger partial charge >= 0.3 is 5.97 Å². The first-order valence-electron chi connectivity index (χ1n) is 7.21. The third-order valence-corrected chi connectivity index (χ3v) is 3.84. The van der Waals surface area contributed by atoms with Crippen LogP contribution in [0.5, 0.6) is 5.75 Å². The molecule has 6 heteroatoms. The molecule has 0 aliphatic carbocycles. The molecule has 0 aliphatic rings. The number of ether oxygens (including phenoxy) is 2. The maximum atomic E-state index is 11.8. The van der Waals surface area contributed by atoms with E-state index in [0.29, 0.717) is 16.3 Å². The SMILES string of the molecule is COC(=O)c1cc(Nc2ccc(OC)c(Cl)c2)c2ccccc2n1. The number of halogens is 1. The average Bonchev–Trinajstić information content (AvgIpc) is 2.61. The Bertz CT molecular complexity index is 912. The maximum absolute atomic E-state index is 11.8. The van der Waals surface area contributed by atoms with Crippen LogP contribution < -0.4 is 10.1 Å². The second-order valence-corrected chi connectivity index (χ2v) is 5.45. The van der Waals surface area contributed by atoms with Gasteiger partial charge in [0.05, 0.1) is 30.4 Å². The van der Waals surface area contributed by atoms with E-state index >= 15 is 0 Å². The van der Waals surface area contributed by atoms with Crippen molar-refractivity contribution in [2.24, 2.45) is 0 Å². The number of rotatable bonds is 4. The standard InChI is InChI=1S/C18H15ClN2O3/c1-23-17-8-7-11(9-13(17)19)20-15-10-16(18(22)24-2)21-14-6-4-3-5-12(14)15/h3-10H,1-2H3,(H,20,21). The van der Waals surface area contributed by atoms with Crippen LogP contribution in [0, 0.1) is 0 Å². The van der Waals surface area contributed by atoms with Crippen LogP contribution >= 0.6 is 11.6 Å². The summed E-state index contributed by atoms with van der Waals surface area (Å²) in [4.78, 5) is 16.2. The van der Waals surface area contributed by atoms with E-state index in [-0.39, 0.29) is 5.69 Å². The summed E-state index contributed by atoms with van der Waals surface area (Å²) in [6, 6.07) is 14.6. The molecule has 0 fully saturated rings. The van der Waals surface area contributed by atoms with E-state index in [1.165, 1.54) is 7.11 Å². The van der Waals surface area contributed by atoms with Crippen molar-refractivity contribution in [3.05, 3.63) is 59.2 Å². The molecule has 0 amide bonds. The van der Waals surface area contributed by atoms with E-state index in [1.807, 2.05) is 30.3 Å². The molecule has 0 atom stereocenters. The summed E-state index contributed by atoms with van der Waals surface area (Å²) in [7, 11) is 2.89. The normalized spacial score (nSPS) is 10.5. The molecule has 122 valence electrons. The molecule has 0 radical (unpaired) electrons. The van der Waals surface area contributed by atoms with Crippen molar-refractivity contribution in [2.75, 3.05) is 19.5 Å². The van der Waals surface area contributed by atoms with Gasteiger partial charge in [0.25, 0.3) is 0 Å². The first-order valence-corrected chi connectivity index (χ1v) is 7.59. The van der Waals surface area contributed by atoms with E-state index in [4.69, 9.17) is 21.1 Å². The van der Waals surface area contributed by atoms with Crippen LogP contribution in [-0.2, 0) is 4.74 Å². The first kappa shape index (κ1) is 16.1. The topological polar surface area (TPSA) is 60.5 Å². The van der Waals surface area contributed by atoms with Gasteiger partial charge in [-0.05, 0) is 30.3 Å². The molecule has 0 spiro atoms. The molecule has 0 unspecified atom stereocenters. The molecular weight excluding hydrogens is 328 g/mol. The number of para-hydroxylation sites is 1. The minimum Gasteiger partial charge on any atom is -0.495 e. The summed E-state index contributed by atoms with van der Waals surface area (Å²) in [6.07, 6.45) is 0. The van der Waals surface area contributed by atoms with Crippen molar-refractivity contribution >= 4 is 39.8 Å². The molecule has 24 heavy (non-hydrogen) atoms. The van der Waals surface area contributed by atoms with Gasteiger partial charge in [0.2, 0.25) is 0 Å². The number of esters is 1. The van der Waals surface area contributed by atoms with Crippen molar-refractivity contribution in [1.82, 2.24) is 4.98 Å². The molecule has 0 saturated heterocycles. The van der Waals surface area contributed by atoms with E-state index in [9.17, 15) is 4.79 Å². The van der Waals surface area contributed by atoms with Gasteiger partial charge in [-0.25, -0.2) is 9.78 Å². The highest BCUT2D eigenvalue weighted by molar-refractivity contribution is 6.32. The van der Waals surface area contributed by atoms with Crippen molar-refractivity contribution in [2.45, 2.75) is 0 Å². The smallest absolute Gasteiger partial charge is 0.356 e. The molecule has 3 aromatic rings. The summed E-state index contributed by atoms with van der Waals surface area (Å²) in [5.74, 6) is 0.105. The molecule has 1 heterocycles. The Morgan fingerprint density at radius 2 is 1.92 bits per heavy atom. The Hall–Kier alpha value is -2.79. The number of hydrogen-bond donors (Lipinski definition) is 1. The van der Waals surface area contributed by atoms with E-state index in [1.54, 1.807) is 25.3 Å². The van der Waals surface area contributed by atoms with Crippen LogP contribution in [-0.4, -0.2) is 25.2 Å². The molecule has 5 nitrogen and oxygen atoms in total. The number of nitrogens with zero attached hydrogens (tertiary/aromatic N) is 1. The van der Waals surface area contributed by atoms with E-state index in [0.717, 1.165) is 16.8 Å². The van der Waals surface area contributed by atoms with Gasteiger partial charge in [-0.1, -0.05) is 29.8 Å². The summed E-state index contributed by atoms with van der Waals surface area (Å²) < 4.78 is 9.93. The highest BCUT2D eigenvalue weighted by Gasteiger charge is 2.13. The largest absolute Gasteiger partial charge is 0.495 e. The minimum absolute atomic E-state index is 0.235. The fourth-order valence-corrected chi connectivity index (χ4v) is 2.65. The predicted octanol–water partition coefficient (Wildman–Crippen LogP) is 4.43. The Morgan fingerprint density at radius 3 is 2.62 bits per heavy atom. The zero-order valence-electron chi connectivity index (χ0n) is 13.2. The van der Waals surface area contributed by atoms with Crippen molar-refractivity contribution in [3.63, 3.8) is 0 Å². The number of anilines is 2. The van der Waals surface area contributed by atoms with Crippen LogP contribution in [0.2, 0.25) is 5.02 Å². The molecule has 0 bridgehead atoms. The molecule has 0 saturated carbocycles. The highest BCUT2D eigenvalue weighted by Crippen LogP contribution is 2.31. The van der Waals surface area contributed by atoms with Crippen LogP contribution in [0.15, 0.2) is 48.5 Å². The number of nitrogens with one attached hydrogen (secondary N) is 1. The fourth-order valence-electron chi connectivity index (χ4n) is 2.39. The predicted molar refractivity (Wildman–Crippen MR) is 94.4 cm³/mol. The third kappa shape index (κ3) is 3.12. The molecule has 1 aromatic heterocycles. The molecule has 1 N–H and O–H groups in total. The number of fused-ring (bicyclic) bond motifs is 1. The lowest BCUT2D eigenvalue weighted by molar-refractivity contribution is 0.0594. The van der Waals surface area contributed by atoms with Crippen LogP contribution in [0.1, 0.15) is 10.5 Å². The summed E-state index contributed by atoms with van der Waals surface area (Å²) in [6.45, 7) is 0. The quantitative estimate of drug-likeness (QED) is 0.711. The van der Waals surface area contributed by atoms with Gasteiger partial charge in [0, 0.05) is 11.1 Å². The highest BCUT2D eigenvalue weighted by atomic mass is 35.5. The van der Waals surface area contributed by atoms with Crippen LogP contribution in [0.4, 0.5) is 11.4 Å². The number of benzene rings is 2. The lowest BCUT2D eigenvalue weighted by Gasteiger charge is -2.12. The Labute approximate surface area is 144 Å². The van der Waals surface area contributed by atoms with Crippen molar-refractivity contribution in [1.29, 1.82) is 0 Å². The summed E-state index contributed by atoms with van der Waals surface area (Å²) >= 11 is 6.17. The Balaban J connectivity index is 2.07. The first-order chi connectivity index (χ1) is 11.6. The number of aromatic nitrogens is 1. The molecular formula is C18H15ClN2O3. The number of methoxy groups -OCH3 is 2. The van der Waals surface area contributed by atoms with E-state index < -0.39 is 5.97 Å². The second-order valence-electron chi connectivity index (χ2n) is 5.04. The summed E-state index contributed by atoms with van der Waals surface area (Å²) in [5, 5.41) is 4.65. The lowest BCUT2D eigenvalue weighted by atomic mass is 10.1. The van der Waals surface area contributed by atoms with Crippen molar-refractivity contribution < 1.29 is 14.3 Å². The zero-order chi connectivity index (χ0) is 17.1. The molecule has 0 aliphatic heterocycles. The minimum atomic E-state index is -0.489. The van der Waals surface area contributed by atoms with E-state index in [2.05, 4.69) is 10.3 Å². The second kappa shape index (κ2) is 6.76. The van der Waals surface area contributed by atoms with Crippen molar-refractivity contribution in [3.8, 4) is 5.75 Å². The fraction of sp³-hybridized carbons (Fsp3) is 0.111. The average molecular weight is 343 g/mol. The molecule has 2 aromatic carbocycles. The van der Waals surface area contributed by atoms with Gasteiger partial charge in [-0.2, -0.15) is 0 Å². The summed E-state index contributed by atoms with van der Waals surface area (Å²) in [5.41, 5.74) is 2.44. The number of hydrogen-bond acceptors (Lipinski definition) is 5. The monoisotopic (exact) mass is 342 g/mol. The number of pyridine rings is 1. The number of carbonyl (C=O) groups excluding carboxylic acids is 1. The van der Waals surface area contributed by atoms with Gasteiger partial charge in [0.15, 0.2) is 5.69 Å². The van der Waals surface area contributed by atoms with Gasteiger partial charge in [0.1, 0.15) is 5.75 Å². The Morgan fingerprint density at radius 1 is 1.12 bits per heavy atom. The Kier molecular flexibility index (Phi) is 4.53. The van der Waals surface area contributed by atoms with Crippen LogP contribution in [0.3, 0.4) is 0 Å². The van der Waals surface area contributed by atoms with Gasteiger partial charge in [-0.15, -0.1) is 0 Å². The third-order valence-electron chi connectivity index (χ3n) is 3.54. The lowest BCUT2D eigenvalue weighted by Crippen LogP contribution is -2.06. The maximum Gasteiger partial charge on any atom is 0.356 e. The van der Waals surface area contributed by atoms with Gasteiger partial charge < -0.3 is 14.8 Å². The zero-order valence-corrected chi connectivity index (χ0v) is 13.9.